The number of ether oxygens (including phenoxy) is 1. The number of benzene rings is 1. The highest BCUT2D eigenvalue weighted by molar-refractivity contribution is 5.48. The van der Waals surface area contributed by atoms with Crippen molar-refractivity contribution in [1.29, 1.82) is 10.7 Å². The van der Waals surface area contributed by atoms with Crippen molar-refractivity contribution >= 4 is 0 Å². The molecule has 0 atom stereocenters. The molecule has 0 radical (unpaired) electrons. The summed E-state index contributed by atoms with van der Waals surface area (Å²) in [5.74, 6) is 0. The highest BCUT2D eigenvalue weighted by Gasteiger charge is 2.30. The van der Waals surface area contributed by atoms with Crippen molar-refractivity contribution in [3.63, 3.8) is 0 Å². The van der Waals surface area contributed by atoms with Crippen LogP contribution in [0, 0.1) is 30.6 Å². The fraction of sp³-hybridized carbons (Fsp3) is 0.389. The molecule has 0 spiro atoms. The molecule has 0 saturated carbocycles. The second-order valence-electron chi connectivity index (χ2n) is 6.64. The van der Waals surface area contributed by atoms with E-state index in [1.54, 1.807) is 4.68 Å². The van der Waals surface area contributed by atoms with Crippen LogP contribution in [0.3, 0.4) is 0 Å². The molecule has 1 aliphatic heterocycles. The summed E-state index contributed by atoms with van der Waals surface area (Å²) in [6.07, 6.45) is 0.595. The standard InChI is InChI=1S/C18H20N4O/c1-11-6-5-7-12(2)16(11)22-17(20)14(9-19)13-8-18(3,4)23-10-15(13)21-22/h5-7,20H,8,10H2,1-4H3. The lowest BCUT2D eigenvalue weighted by atomic mass is 9.92. The molecule has 1 N–H and O–H groups in total. The molecule has 1 aromatic carbocycles. The van der Waals surface area contributed by atoms with Crippen LogP contribution in [0.25, 0.3) is 5.69 Å². The van der Waals surface area contributed by atoms with E-state index in [4.69, 9.17) is 10.1 Å². The Morgan fingerprint density at radius 1 is 1.30 bits per heavy atom. The zero-order valence-corrected chi connectivity index (χ0v) is 13.9. The minimum absolute atomic E-state index is 0.140. The molecule has 0 fully saturated rings. The molecule has 0 aliphatic carbocycles. The third kappa shape index (κ3) is 2.55. The van der Waals surface area contributed by atoms with E-state index in [-0.39, 0.29) is 11.1 Å². The normalized spacial score (nSPS) is 15.8. The van der Waals surface area contributed by atoms with E-state index in [9.17, 15) is 5.26 Å². The number of hydrogen-bond acceptors (Lipinski definition) is 4. The van der Waals surface area contributed by atoms with Crippen LogP contribution >= 0.6 is 0 Å². The highest BCUT2D eigenvalue weighted by atomic mass is 16.5. The number of hydrogen-bond donors (Lipinski definition) is 1. The van der Waals surface area contributed by atoms with Crippen LogP contribution in [0.15, 0.2) is 18.2 Å². The first-order chi connectivity index (χ1) is 10.8. The van der Waals surface area contributed by atoms with E-state index in [0.717, 1.165) is 28.1 Å². The SMILES string of the molecule is Cc1cccc(C)c1-n1nc2c(c(C#N)c1=N)CC(C)(C)OC2. The largest absolute Gasteiger partial charge is 0.369 e. The first-order valence-electron chi connectivity index (χ1n) is 7.64. The number of para-hydroxylation sites is 1. The van der Waals surface area contributed by atoms with Crippen molar-refractivity contribution in [1.82, 2.24) is 9.78 Å². The first-order valence-corrected chi connectivity index (χ1v) is 7.64. The number of nitrogens with zero attached hydrogens (tertiary/aromatic N) is 3. The molecule has 5 nitrogen and oxygen atoms in total. The van der Waals surface area contributed by atoms with Crippen molar-refractivity contribution < 1.29 is 4.74 Å². The van der Waals surface area contributed by atoms with Gasteiger partial charge in [0.2, 0.25) is 0 Å². The summed E-state index contributed by atoms with van der Waals surface area (Å²) in [5, 5.41) is 22.7. The number of aryl methyl sites for hydroxylation is 2. The third-order valence-corrected chi connectivity index (χ3v) is 4.28. The molecule has 0 unspecified atom stereocenters. The summed E-state index contributed by atoms with van der Waals surface area (Å²) in [7, 11) is 0. The van der Waals surface area contributed by atoms with Gasteiger partial charge in [-0.1, -0.05) is 18.2 Å². The molecule has 2 heterocycles. The smallest absolute Gasteiger partial charge is 0.165 e. The van der Waals surface area contributed by atoms with Gasteiger partial charge in [-0.3, -0.25) is 5.41 Å². The monoisotopic (exact) mass is 308 g/mol. The van der Waals surface area contributed by atoms with E-state index in [0.29, 0.717) is 18.6 Å². The number of fused-ring (bicyclic) bond motifs is 1. The number of nitrogens with one attached hydrogen (secondary N) is 1. The fourth-order valence-electron chi connectivity index (χ4n) is 3.09. The molecule has 0 saturated heterocycles. The Morgan fingerprint density at radius 2 is 1.96 bits per heavy atom. The molecule has 5 heteroatoms. The van der Waals surface area contributed by atoms with Crippen LogP contribution < -0.4 is 5.49 Å². The summed E-state index contributed by atoms with van der Waals surface area (Å²) in [6, 6.07) is 8.16. The molecule has 3 rings (SSSR count). The van der Waals surface area contributed by atoms with E-state index in [2.05, 4.69) is 11.2 Å². The zero-order chi connectivity index (χ0) is 16.8. The average Bonchev–Trinajstić information content (AvgIpc) is 2.47. The van der Waals surface area contributed by atoms with Gasteiger partial charge in [-0.05, 0) is 38.8 Å². The molecule has 0 bridgehead atoms. The van der Waals surface area contributed by atoms with E-state index < -0.39 is 0 Å². The van der Waals surface area contributed by atoms with Crippen molar-refractivity contribution in [2.75, 3.05) is 0 Å². The van der Waals surface area contributed by atoms with Gasteiger partial charge in [-0.25, -0.2) is 4.68 Å². The Hall–Kier alpha value is -2.45. The molecule has 2 aromatic rings. The number of nitriles is 1. The van der Waals surface area contributed by atoms with Crippen LogP contribution in [0.2, 0.25) is 0 Å². The van der Waals surface area contributed by atoms with E-state index in [1.807, 2.05) is 45.9 Å². The Balaban J connectivity index is 2.31. The van der Waals surface area contributed by atoms with Crippen molar-refractivity contribution in [3.8, 4) is 11.8 Å². The van der Waals surface area contributed by atoms with Crippen molar-refractivity contribution in [2.24, 2.45) is 0 Å². The lowest BCUT2D eigenvalue weighted by Gasteiger charge is -2.32. The summed E-state index contributed by atoms with van der Waals surface area (Å²) >= 11 is 0. The third-order valence-electron chi connectivity index (χ3n) is 4.28. The number of aromatic nitrogens is 2. The van der Waals surface area contributed by atoms with E-state index >= 15 is 0 Å². The zero-order valence-electron chi connectivity index (χ0n) is 13.9. The van der Waals surface area contributed by atoms with Gasteiger partial charge in [-0.15, -0.1) is 0 Å². The average molecular weight is 308 g/mol. The van der Waals surface area contributed by atoms with Gasteiger partial charge in [0.05, 0.1) is 23.6 Å². The predicted molar refractivity (Wildman–Crippen MR) is 86.2 cm³/mol. The Bertz CT molecular complexity index is 867. The van der Waals surface area contributed by atoms with Crippen LogP contribution in [-0.2, 0) is 17.8 Å². The van der Waals surface area contributed by atoms with Crippen molar-refractivity contribution in [2.45, 2.75) is 46.3 Å². The second-order valence-corrected chi connectivity index (χ2v) is 6.64. The number of rotatable bonds is 1. The summed E-state index contributed by atoms with van der Waals surface area (Å²) in [6.45, 7) is 8.33. The van der Waals surface area contributed by atoms with Gasteiger partial charge in [0.15, 0.2) is 5.49 Å². The molecule has 1 aromatic heterocycles. The maximum absolute atomic E-state index is 9.60. The van der Waals surface area contributed by atoms with Crippen LogP contribution in [0.4, 0.5) is 0 Å². The minimum atomic E-state index is -0.336. The lowest BCUT2D eigenvalue weighted by molar-refractivity contribution is -0.0428. The minimum Gasteiger partial charge on any atom is -0.369 e. The topological polar surface area (TPSA) is 74.7 Å². The molecular formula is C18H20N4O. The van der Waals surface area contributed by atoms with Gasteiger partial charge in [0, 0.05) is 12.0 Å². The highest BCUT2D eigenvalue weighted by Crippen LogP contribution is 2.28. The van der Waals surface area contributed by atoms with Crippen LogP contribution in [-0.4, -0.2) is 15.4 Å². The Morgan fingerprint density at radius 3 is 2.57 bits per heavy atom. The second kappa shape index (κ2) is 5.32. The molecule has 118 valence electrons. The lowest BCUT2D eigenvalue weighted by Crippen LogP contribution is -2.37. The maximum Gasteiger partial charge on any atom is 0.165 e. The first kappa shape index (κ1) is 15.4. The summed E-state index contributed by atoms with van der Waals surface area (Å²) < 4.78 is 7.41. The molecule has 0 amide bonds. The van der Waals surface area contributed by atoms with Gasteiger partial charge >= 0.3 is 0 Å². The van der Waals surface area contributed by atoms with Crippen LogP contribution in [0.1, 0.15) is 41.8 Å². The predicted octanol–water partition coefficient (Wildman–Crippen LogP) is 2.69. The summed E-state index contributed by atoms with van der Waals surface area (Å²) in [5.41, 5.74) is 4.71. The van der Waals surface area contributed by atoms with Gasteiger partial charge < -0.3 is 4.74 Å². The fourth-order valence-corrected chi connectivity index (χ4v) is 3.09. The Kier molecular flexibility index (Phi) is 3.57. The van der Waals surface area contributed by atoms with Crippen molar-refractivity contribution in [3.05, 3.63) is 51.6 Å². The van der Waals surface area contributed by atoms with Crippen LogP contribution in [0.5, 0.6) is 0 Å². The van der Waals surface area contributed by atoms with E-state index in [1.165, 1.54) is 0 Å². The molecule has 1 aliphatic rings. The quantitative estimate of drug-likeness (QED) is 0.880. The maximum atomic E-state index is 9.60. The molecular weight excluding hydrogens is 288 g/mol. The summed E-state index contributed by atoms with van der Waals surface area (Å²) in [4.78, 5) is 0. The Labute approximate surface area is 135 Å². The van der Waals surface area contributed by atoms with Gasteiger partial charge in [0.25, 0.3) is 0 Å². The van der Waals surface area contributed by atoms with Gasteiger partial charge in [0.1, 0.15) is 11.6 Å². The van der Waals surface area contributed by atoms with Gasteiger partial charge in [-0.2, -0.15) is 10.4 Å². The molecule has 23 heavy (non-hydrogen) atoms.